The lowest BCUT2D eigenvalue weighted by Crippen LogP contribution is -2.38. The van der Waals surface area contributed by atoms with Gasteiger partial charge in [-0.2, -0.15) is 5.26 Å². The molecule has 35 heavy (non-hydrogen) atoms. The third kappa shape index (κ3) is 4.36. The number of benzene rings is 2. The Morgan fingerprint density at radius 3 is 2.74 bits per heavy atom. The van der Waals surface area contributed by atoms with Gasteiger partial charge in [0.2, 0.25) is 5.13 Å². The number of rotatable bonds is 5. The van der Waals surface area contributed by atoms with E-state index >= 15 is 0 Å². The maximum absolute atomic E-state index is 13.3. The molecule has 6 nitrogen and oxygen atoms in total. The molecule has 0 spiro atoms. The van der Waals surface area contributed by atoms with Gasteiger partial charge >= 0.3 is 0 Å². The van der Waals surface area contributed by atoms with Gasteiger partial charge in [0.25, 0.3) is 0 Å². The van der Waals surface area contributed by atoms with Gasteiger partial charge in [0.15, 0.2) is 10.1 Å². The minimum absolute atomic E-state index is 0.0580. The van der Waals surface area contributed by atoms with Crippen LogP contribution in [0.2, 0.25) is 5.02 Å². The molecule has 0 fully saturated rings. The lowest BCUT2D eigenvalue weighted by Gasteiger charge is -2.38. The molecule has 0 bridgehead atoms. The predicted octanol–water partition coefficient (Wildman–Crippen LogP) is 6.10. The zero-order chi connectivity index (χ0) is 24.5. The van der Waals surface area contributed by atoms with E-state index in [0.717, 1.165) is 33.1 Å². The van der Waals surface area contributed by atoms with Gasteiger partial charge in [-0.1, -0.05) is 77.2 Å². The molecule has 3 aromatic rings. The molecule has 0 radical (unpaired) electrons. The number of Topliss-reactive ketones (excluding diaryl/α,β-unsaturated/α-hetero) is 1. The van der Waals surface area contributed by atoms with Crippen LogP contribution in [0.1, 0.15) is 41.9 Å². The molecule has 1 aliphatic carbocycles. The number of anilines is 1. The van der Waals surface area contributed by atoms with Crippen LogP contribution in [0.15, 0.2) is 75.5 Å². The molecule has 1 aliphatic heterocycles. The van der Waals surface area contributed by atoms with E-state index in [0.29, 0.717) is 45.7 Å². The van der Waals surface area contributed by atoms with Crippen LogP contribution in [-0.4, -0.2) is 16.0 Å². The van der Waals surface area contributed by atoms with Gasteiger partial charge in [-0.15, -0.1) is 10.2 Å². The van der Waals surface area contributed by atoms with E-state index in [1.807, 2.05) is 55.5 Å². The van der Waals surface area contributed by atoms with Crippen molar-refractivity contribution < 1.29 is 4.79 Å². The second-order valence-electron chi connectivity index (χ2n) is 8.40. The van der Waals surface area contributed by atoms with Crippen LogP contribution in [0, 0.1) is 18.3 Å². The molecule has 2 N–H and O–H groups in total. The highest BCUT2D eigenvalue weighted by atomic mass is 35.5. The Kier molecular flexibility index (Phi) is 6.65. The van der Waals surface area contributed by atoms with Crippen molar-refractivity contribution in [3.8, 4) is 6.07 Å². The summed E-state index contributed by atoms with van der Waals surface area (Å²) >= 11 is 9.22. The van der Waals surface area contributed by atoms with E-state index in [9.17, 15) is 10.1 Å². The first-order chi connectivity index (χ1) is 17.0. The number of aromatic nitrogens is 2. The molecule has 9 heteroatoms. The van der Waals surface area contributed by atoms with Crippen LogP contribution in [0.3, 0.4) is 0 Å². The molecule has 0 unspecified atom stereocenters. The third-order valence-corrected chi connectivity index (χ3v) is 8.77. The zero-order valence-electron chi connectivity index (χ0n) is 19.0. The van der Waals surface area contributed by atoms with Crippen LogP contribution < -0.4 is 10.6 Å². The molecule has 1 aromatic heterocycles. The Labute approximate surface area is 217 Å². The normalized spacial score (nSPS) is 18.0. The lowest BCUT2D eigenvalue weighted by atomic mass is 9.75. The van der Waals surface area contributed by atoms with Crippen LogP contribution in [0.25, 0.3) is 0 Å². The Morgan fingerprint density at radius 2 is 1.97 bits per heavy atom. The number of hydrogen-bond acceptors (Lipinski definition) is 8. The summed E-state index contributed by atoms with van der Waals surface area (Å²) in [6, 6.07) is 17.9. The van der Waals surface area contributed by atoms with E-state index in [2.05, 4.69) is 16.3 Å². The number of thioether (sulfide) groups is 1. The topological polar surface area (TPSA) is 95.9 Å². The minimum Gasteiger partial charge on any atom is -0.384 e. The van der Waals surface area contributed by atoms with Crippen LogP contribution in [-0.2, 0) is 10.5 Å². The van der Waals surface area contributed by atoms with Crippen molar-refractivity contribution in [3.63, 3.8) is 0 Å². The third-order valence-electron chi connectivity index (χ3n) is 6.31. The van der Waals surface area contributed by atoms with Gasteiger partial charge < -0.3 is 5.73 Å². The van der Waals surface area contributed by atoms with Gasteiger partial charge in [0.1, 0.15) is 5.82 Å². The number of carbonyl (C=O) groups is 1. The Hall–Kier alpha value is -3.12. The van der Waals surface area contributed by atoms with E-state index in [-0.39, 0.29) is 5.78 Å². The van der Waals surface area contributed by atoms with Crippen molar-refractivity contribution >= 4 is 45.6 Å². The highest BCUT2D eigenvalue weighted by Crippen LogP contribution is 2.47. The summed E-state index contributed by atoms with van der Waals surface area (Å²) in [6.07, 6.45) is 1.88. The van der Waals surface area contributed by atoms with Gasteiger partial charge in [-0.25, -0.2) is 0 Å². The Balaban J connectivity index is 1.54. The van der Waals surface area contributed by atoms with Gasteiger partial charge in [0.05, 0.1) is 17.6 Å². The SMILES string of the molecule is Cc1ccccc1[C@@H]1C(C#N)=C(N)N(c2nnc(SCc3ccccc3Cl)s2)C2=C1C(=O)CCC2. The molecule has 2 aliphatic rings. The summed E-state index contributed by atoms with van der Waals surface area (Å²) in [5.74, 6) is 0.558. The number of nitriles is 1. The maximum Gasteiger partial charge on any atom is 0.219 e. The first-order valence-electron chi connectivity index (χ1n) is 11.2. The van der Waals surface area contributed by atoms with Crippen molar-refractivity contribution in [3.05, 3.63) is 92.9 Å². The molecule has 0 saturated carbocycles. The van der Waals surface area contributed by atoms with Crippen LogP contribution >= 0.6 is 34.7 Å². The number of nitrogens with two attached hydrogens (primary N) is 1. The van der Waals surface area contributed by atoms with E-state index in [1.54, 1.807) is 4.90 Å². The summed E-state index contributed by atoms with van der Waals surface area (Å²) < 4.78 is 0.761. The fourth-order valence-corrected chi connectivity index (χ4v) is 6.80. The van der Waals surface area contributed by atoms with Gasteiger partial charge in [0, 0.05) is 28.5 Å². The minimum atomic E-state index is -0.470. The monoisotopic (exact) mass is 519 g/mol. The number of aryl methyl sites for hydroxylation is 1. The van der Waals surface area contributed by atoms with E-state index in [4.69, 9.17) is 17.3 Å². The number of hydrogen-bond donors (Lipinski definition) is 1. The first kappa shape index (κ1) is 23.6. The van der Waals surface area contributed by atoms with Crippen molar-refractivity contribution in [2.24, 2.45) is 5.73 Å². The summed E-state index contributed by atoms with van der Waals surface area (Å²) in [7, 11) is 0. The van der Waals surface area contributed by atoms with Crippen molar-refractivity contribution in [1.82, 2.24) is 10.2 Å². The predicted molar refractivity (Wildman–Crippen MR) is 140 cm³/mol. The quantitative estimate of drug-likeness (QED) is 0.407. The molecular formula is C26H22ClN5OS2. The Morgan fingerprint density at radius 1 is 1.20 bits per heavy atom. The van der Waals surface area contributed by atoms with Crippen molar-refractivity contribution in [2.75, 3.05) is 4.90 Å². The summed E-state index contributed by atoms with van der Waals surface area (Å²) in [6.45, 7) is 1.99. The smallest absolute Gasteiger partial charge is 0.219 e. The van der Waals surface area contributed by atoms with Crippen LogP contribution in [0.5, 0.6) is 0 Å². The molecular weight excluding hydrogens is 498 g/mol. The van der Waals surface area contributed by atoms with Gasteiger partial charge in [-0.3, -0.25) is 9.69 Å². The standard InChI is InChI=1S/C26H22ClN5OS2/c1-15-7-2-4-9-17(15)22-18(13-28)24(29)32(20-11-6-12-21(33)23(20)22)25-30-31-26(35-25)34-14-16-8-3-5-10-19(16)27/h2-5,7-10,22H,6,11-12,14,29H2,1H3/t22-/m1/s1. The highest BCUT2D eigenvalue weighted by molar-refractivity contribution is 8.00. The second-order valence-corrected chi connectivity index (χ2v) is 11.0. The van der Waals surface area contributed by atoms with Crippen LogP contribution in [0.4, 0.5) is 5.13 Å². The van der Waals surface area contributed by atoms with Crippen molar-refractivity contribution in [1.29, 1.82) is 5.26 Å². The fraction of sp³-hybridized carbons (Fsp3) is 0.231. The lowest BCUT2D eigenvalue weighted by molar-refractivity contribution is -0.116. The summed E-state index contributed by atoms with van der Waals surface area (Å²) in [4.78, 5) is 15.0. The maximum atomic E-state index is 13.3. The number of ketones is 1. The molecule has 5 rings (SSSR count). The first-order valence-corrected chi connectivity index (χ1v) is 13.4. The number of allylic oxidation sites excluding steroid dienone is 3. The second kappa shape index (κ2) is 9.86. The number of halogens is 1. The average Bonchev–Trinajstić information content (AvgIpc) is 3.32. The molecule has 2 aromatic carbocycles. The number of carbonyl (C=O) groups excluding carboxylic acids is 1. The molecule has 176 valence electrons. The summed E-state index contributed by atoms with van der Waals surface area (Å²) in [5, 5.41) is 20.2. The zero-order valence-corrected chi connectivity index (χ0v) is 21.4. The largest absolute Gasteiger partial charge is 0.384 e. The van der Waals surface area contributed by atoms with E-state index in [1.165, 1.54) is 23.1 Å². The molecule has 0 saturated heterocycles. The number of nitrogens with zero attached hydrogens (tertiary/aromatic N) is 4. The summed E-state index contributed by atoms with van der Waals surface area (Å²) in [5.41, 5.74) is 11.5. The molecule has 0 amide bonds. The molecule has 2 heterocycles. The van der Waals surface area contributed by atoms with Gasteiger partial charge in [-0.05, 0) is 42.5 Å². The Bertz CT molecular complexity index is 1420. The fourth-order valence-electron chi connectivity index (χ4n) is 4.63. The molecule has 1 atom stereocenters. The van der Waals surface area contributed by atoms with E-state index < -0.39 is 5.92 Å². The highest BCUT2D eigenvalue weighted by Gasteiger charge is 2.41. The van der Waals surface area contributed by atoms with Crippen molar-refractivity contribution in [2.45, 2.75) is 42.2 Å². The average molecular weight is 520 g/mol.